The molecule has 0 saturated heterocycles. The largest absolute Gasteiger partial charge is 0.338 e. The molecule has 5 nitrogen and oxygen atoms in total. The van der Waals surface area contributed by atoms with Crippen LogP contribution in [0.3, 0.4) is 0 Å². The van der Waals surface area contributed by atoms with Crippen LogP contribution in [0.4, 0.5) is 0 Å². The van der Waals surface area contributed by atoms with Gasteiger partial charge in [0.1, 0.15) is 0 Å². The monoisotopic (exact) mass is 417 g/mol. The highest BCUT2D eigenvalue weighted by molar-refractivity contribution is 7.99. The van der Waals surface area contributed by atoms with Crippen molar-refractivity contribution in [1.29, 1.82) is 0 Å². The second kappa shape index (κ2) is 8.71. The Morgan fingerprint density at radius 3 is 2.40 bits per heavy atom. The molecule has 0 aliphatic heterocycles. The van der Waals surface area contributed by atoms with E-state index >= 15 is 0 Å². The Morgan fingerprint density at radius 1 is 1.03 bits per heavy atom. The zero-order valence-electron chi connectivity index (χ0n) is 17.0. The lowest BCUT2D eigenvalue weighted by atomic mass is 10.1. The predicted octanol–water partition coefficient (Wildman–Crippen LogP) is 4.23. The lowest BCUT2D eigenvalue weighted by Gasteiger charge is -2.21. The summed E-state index contributed by atoms with van der Waals surface area (Å²) in [6, 6.07) is 21.7. The first-order valence-electron chi connectivity index (χ1n) is 9.91. The molecular weight excluding hydrogens is 394 g/mol. The van der Waals surface area contributed by atoms with Crippen LogP contribution in [0.5, 0.6) is 0 Å². The molecule has 0 atom stereocenters. The first kappa shape index (κ1) is 20.2. The zero-order valence-corrected chi connectivity index (χ0v) is 17.9. The van der Waals surface area contributed by atoms with Crippen molar-refractivity contribution in [3.8, 4) is 0 Å². The first-order chi connectivity index (χ1) is 14.6. The van der Waals surface area contributed by atoms with Gasteiger partial charge in [0, 0.05) is 20.1 Å². The second-order valence-electron chi connectivity index (χ2n) is 7.16. The third kappa shape index (κ3) is 4.09. The van der Waals surface area contributed by atoms with E-state index in [2.05, 4.69) is 4.98 Å². The Kier molecular flexibility index (Phi) is 5.86. The van der Waals surface area contributed by atoms with Crippen LogP contribution < -0.4 is 5.56 Å². The molecule has 0 spiro atoms. The average molecular weight is 418 g/mol. The molecule has 3 aromatic carbocycles. The molecule has 152 valence electrons. The fourth-order valence-electron chi connectivity index (χ4n) is 3.46. The minimum Gasteiger partial charge on any atom is -0.338 e. The van der Waals surface area contributed by atoms with Crippen LogP contribution in [-0.4, -0.2) is 32.7 Å². The van der Waals surface area contributed by atoms with E-state index in [0.717, 1.165) is 16.3 Å². The smallest absolute Gasteiger partial charge is 0.261 e. The number of nitrogens with zero attached hydrogens (tertiary/aromatic N) is 3. The predicted molar refractivity (Wildman–Crippen MR) is 123 cm³/mol. The quantitative estimate of drug-likeness (QED) is 0.268. The van der Waals surface area contributed by atoms with Gasteiger partial charge in [-0.15, -0.1) is 0 Å². The number of rotatable bonds is 6. The number of benzene rings is 3. The van der Waals surface area contributed by atoms with Crippen LogP contribution in [0.15, 0.2) is 76.7 Å². The zero-order chi connectivity index (χ0) is 21.1. The normalized spacial score (nSPS) is 11.1. The van der Waals surface area contributed by atoms with E-state index in [0.29, 0.717) is 29.1 Å². The van der Waals surface area contributed by atoms with Crippen molar-refractivity contribution in [3.05, 3.63) is 82.6 Å². The molecule has 0 bridgehead atoms. The van der Waals surface area contributed by atoms with Gasteiger partial charge in [-0.25, -0.2) is 4.98 Å². The highest BCUT2D eigenvalue weighted by atomic mass is 32.2. The minimum atomic E-state index is -0.0997. The summed E-state index contributed by atoms with van der Waals surface area (Å²) in [5.41, 5.74) is 1.65. The Hall–Kier alpha value is -3.12. The van der Waals surface area contributed by atoms with E-state index in [-0.39, 0.29) is 17.2 Å². The molecule has 1 aromatic heterocycles. The molecule has 4 rings (SSSR count). The first-order valence-corrected chi connectivity index (χ1v) is 10.9. The maximum absolute atomic E-state index is 12.9. The second-order valence-corrected chi connectivity index (χ2v) is 8.10. The summed E-state index contributed by atoms with van der Waals surface area (Å²) in [5, 5.41) is 3.19. The van der Waals surface area contributed by atoms with Gasteiger partial charge in [-0.2, -0.15) is 0 Å². The molecule has 0 aliphatic carbocycles. The summed E-state index contributed by atoms with van der Waals surface area (Å²) in [6.07, 6.45) is 0. The molecule has 1 amide bonds. The maximum Gasteiger partial charge on any atom is 0.261 e. The van der Waals surface area contributed by atoms with Gasteiger partial charge < -0.3 is 4.90 Å². The summed E-state index contributed by atoms with van der Waals surface area (Å²) in [5.74, 6) is 0.263. The Balaban J connectivity index is 1.57. The van der Waals surface area contributed by atoms with E-state index in [4.69, 9.17) is 0 Å². The third-order valence-electron chi connectivity index (χ3n) is 5.18. The molecule has 6 heteroatoms. The third-order valence-corrected chi connectivity index (χ3v) is 6.19. The number of carbonyl (C=O) groups excluding carboxylic acids is 1. The van der Waals surface area contributed by atoms with E-state index in [1.165, 1.54) is 16.3 Å². The van der Waals surface area contributed by atoms with Gasteiger partial charge in [0.05, 0.1) is 16.7 Å². The van der Waals surface area contributed by atoms with Gasteiger partial charge in [0.15, 0.2) is 5.16 Å². The van der Waals surface area contributed by atoms with Crippen LogP contribution >= 0.6 is 11.8 Å². The van der Waals surface area contributed by atoms with Gasteiger partial charge in [0.25, 0.3) is 5.56 Å². The Bertz CT molecular complexity index is 1270. The summed E-state index contributed by atoms with van der Waals surface area (Å²) in [4.78, 5) is 32.2. The van der Waals surface area contributed by atoms with Crippen molar-refractivity contribution >= 4 is 39.3 Å². The van der Waals surface area contributed by atoms with E-state index in [9.17, 15) is 9.59 Å². The molecule has 0 aliphatic rings. The van der Waals surface area contributed by atoms with Gasteiger partial charge in [-0.1, -0.05) is 66.4 Å². The lowest BCUT2D eigenvalue weighted by Crippen LogP contribution is -2.32. The van der Waals surface area contributed by atoms with Gasteiger partial charge in [-0.3, -0.25) is 14.2 Å². The Labute approximate surface area is 179 Å². The van der Waals surface area contributed by atoms with Crippen molar-refractivity contribution < 1.29 is 4.79 Å². The summed E-state index contributed by atoms with van der Waals surface area (Å²) in [6.45, 7) is 3.18. The van der Waals surface area contributed by atoms with Crippen LogP contribution in [0.1, 0.15) is 12.5 Å². The molecule has 0 saturated carbocycles. The maximum atomic E-state index is 12.9. The molecule has 30 heavy (non-hydrogen) atoms. The number of amides is 1. The molecule has 0 radical (unpaired) electrons. The van der Waals surface area contributed by atoms with Crippen molar-refractivity contribution in [2.24, 2.45) is 7.05 Å². The molecular formula is C24H23N3O2S. The topological polar surface area (TPSA) is 55.2 Å². The van der Waals surface area contributed by atoms with E-state index in [1.54, 1.807) is 7.05 Å². The number of aromatic nitrogens is 2. The van der Waals surface area contributed by atoms with Crippen molar-refractivity contribution in [1.82, 2.24) is 14.5 Å². The van der Waals surface area contributed by atoms with E-state index < -0.39 is 0 Å². The molecule has 0 N–H and O–H groups in total. The summed E-state index contributed by atoms with van der Waals surface area (Å²) < 4.78 is 1.53. The van der Waals surface area contributed by atoms with Crippen LogP contribution in [-0.2, 0) is 18.4 Å². The van der Waals surface area contributed by atoms with Crippen LogP contribution in [0, 0.1) is 0 Å². The van der Waals surface area contributed by atoms with E-state index in [1.807, 2.05) is 78.6 Å². The van der Waals surface area contributed by atoms with Gasteiger partial charge in [0.2, 0.25) is 5.91 Å². The fourth-order valence-corrected chi connectivity index (χ4v) is 4.34. The minimum absolute atomic E-state index is 0.0270. The SMILES string of the molecule is CCN(Cc1ccccc1)C(=O)CSc1nc2cc3ccccc3cc2c(=O)n1C. The van der Waals surface area contributed by atoms with Gasteiger partial charge in [-0.05, 0) is 35.4 Å². The number of thioether (sulfide) groups is 1. The van der Waals surface area contributed by atoms with Crippen molar-refractivity contribution in [2.75, 3.05) is 12.3 Å². The summed E-state index contributed by atoms with van der Waals surface area (Å²) in [7, 11) is 1.71. The molecule has 0 unspecified atom stereocenters. The van der Waals surface area contributed by atoms with Crippen molar-refractivity contribution in [2.45, 2.75) is 18.6 Å². The number of hydrogen-bond acceptors (Lipinski definition) is 4. The number of carbonyl (C=O) groups is 1. The van der Waals surface area contributed by atoms with Crippen molar-refractivity contribution in [3.63, 3.8) is 0 Å². The van der Waals surface area contributed by atoms with Gasteiger partial charge >= 0.3 is 0 Å². The molecule has 4 aromatic rings. The molecule has 0 fully saturated rings. The highest BCUT2D eigenvalue weighted by Crippen LogP contribution is 2.22. The average Bonchev–Trinajstić information content (AvgIpc) is 2.78. The van der Waals surface area contributed by atoms with Crippen LogP contribution in [0.2, 0.25) is 0 Å². The summed E-state index contributed by atoms with van der Waals surface area (Å²) >= 11 is 1.30. The highest BCUT2D eigenvalue weighted by Gasteiger charge is 2.16. The Morgan fingerprint density at radius 2 is 1.70 bits per heavy atom. The molecule has 1 heterocycles. The number of fused-ring (bicyclic) bond motifs is 2. The van der Waals surface area contributed by atoms with Crippen LogP contribution in [0.25, 0.3) is 21.7 Å². The fraction of sp³-hybridized carbons (Fsp3) is 0.208. The standard InChI is InChI=1S/C24H23N3O2S/c1-3-27(15-17-9-5-4-6-10-17)22(28)16-30-24-25-21-14-19-12-8-7-11-18(19)13-20(21)23(29)26(24)2/h4-14H,3,15-16H2,1-2H3. The number of hydrogen-bond donors (Lipinski definition) is 0. The lowest BCUT2D eigenvalue weighted by molar-refractivity contribution is -0.128.